The Kier molecular flexibility index (Phi) is 7.81. The molecule has 0 unspecified atom stereocenters. The number of rotatable bonds is 4. The van der Waals surface area contributed by atoms with Gasteiger partial charge in [0.25, 0.3) is 0 Å². The summed E-state index contributed by atoms with van der Waals surface area (Å²) in [6, 6.07) is 7.29. The predicted octanol–water partition coefficient (Wildman–Crippen LogP) is 3.79. The summed E-state index contributed by atoms with van der Waals surface area (Å²) in [4.78, 5) is 11.3. The van der Waals surface area contributed by atoms with Crippen molar-refractivity contribution in [3.05, 3.63) is 28.7 Å². The van der Waals surface area contributed by atoms with E-state index < -0.39 is 15.9 Å². The maximum atomic E-state index is 11.3. The Balaban J connectivity index is 2.67. The van der Waals surface area contributed by atoms with Crippen LogP contribution in [0, 0.1) is 0 Å². The third-order valence-corrected chi connectivity index (χ3v) is 3.78. The molecule has 0 saturated heterocycles. The molecule has 0 radical (unpaired) electrons. The van der Waals surface area contributed by atoms with Crippen LogP contribution in [-0.4, -0.2) is 26.9 Å². The molecule has 1 atom stereocenters. The highest BCUT2D eigenvalue weighted by molar-refractivity contribution is 9.10. The molecule has 116 valence electrons. The van der Waals surface area contributed by atoms with Gasteiger partial charge in [0.05, 0.1) is 0 Å². The first kappa shape index (κ1) is 19.1. The lowest BCUT2D eigenvalue weighted by Gasteiger charge is -2.27. The molecule has 0 aromatic heterocycles. The van der Waals surface area contributed by atoms with E-state index in [4.69, 9.17) is 58.6 Å². The molecule has 4 nitrogen and oxygen atoms in total. The van der Waals surface area contributed by atoms with Crippen molar-refractivity contribution in [2.45, 2.75) is 9.96 Å². The third-order valence-electron chi connectivity index (χ3n) is 2.13. The van der Waals surface area contributed by atoms with Gasteiger partial charge in [-0.3, -0.25) is 4.79 Å². The maximum Gasteiger partial charge on any atom is 0.236 e. The average Bonchev–Trinajstić information content (AvgIpc) is 2.39. The van der Waals surface area contributed by atoms with Gasteiger partial charge in [-0.05, 0) is 36.5 Å². The molecule has 0 saturated carbocycles. The van der Waals surface area contributed by atoms with Crippen LogP contribution in [0.25, 0.3) is 0 Å². The molecule has 1 aromatic carbocycles. The van der Waals surface area contributed by atoms with Gasteiger partial charge in [-0.15, -0.1) is 11.6 Å². The highest BCUT2D eigenvalue weighted by atomic mass is 79.9. The number of nitrogens with one attached hydrogen (secondary N) is 3. The molecule has 0 aliphatic rings. The fourth-order valence-electron chi connectivity index (χ4n) is 1.23. The minimum Gasteiger partial charge on any atom is -0.339 e. The normalized spacial score (nSPS) is 12.4. The van der Waals surface area contributed by atoms with Crippen LogP contribution in [-0.2, 0) is 4.79 Å². The van der Waals surface area contributed by atoms with E-state index >= 15 is 0 Å². The smallest absolute Gasteiger partial charge is 0.236 e. The van der Waals surface area contributed by atoms with E-state index in [2.05, 4.69) is 31.9 Å². The van der Waals surface area contributed by atoms with Gasteiger partial charge in [0.15, 0.2) is 5.11 Å². The van der Waals surface area contributed by atoms with E-state index in [-0.39, 0.29) is 11.0 Å². The number of halogens is 5. The van der Waals surface area contributed by atoms with Gasteiger partial charge in [0, 0.05) is 10.2 Å². The summed E-state index contributed by atoms with van der Waals surface area (Å²) in [5.74, 6) is -0.752. The Bertz CT molecular complexity index is 509. The number of anilines is 1. The molecule has 1 aromatic rings. The lowest BCUT2D eigenvalue weighted by Crippen LogP contribution is -2.56. The predicted molar refractivity (Wildman–Crippen MR) is 96.4 cm³/mol. The Morgan fingerprint density at radius 2 is 1.81 bits per heavy atom. The van der Waals surface area contributed by atoms with Crippen molar-refractivity contribution in [3.63, 3.8) is 0 Å². The summed E-state index contributed by atoms with van der Waals surface area (Å²) in [5.41, 5.74) is 0.738. The van der Waals surface area contributed by atoms with Crippen molar-refractivity contribution in [1.29, 1.82) is 0 Å². The van der Waals surface area contributed by atoms with Crippen molar-refractivity contribution >= 4 is 91.3 Å². The zero-order valence-electron chi connectivity index (χ0n) is 10.3. The highest BCUT2D eigenvalue weighted by Crippen LogP contribution is 2.29. The van der Waals surface area contributed by atoms with Crippen LogP contribution in [0.1, 0.15) is 0 Å². The molecule has 10 heteroatoms. The lowest BCUT2D eigenvalue weighted by molar-refractivity contribution is -0.119. The Labute approximate surface area is 156 Å². The van der Waals surface area contributed by atoms with E-state index in [1.165, 1.54) is 0 Å². The SMILES string of the molecule is O=C(CCl)N[C@@H](NC(=S)Nc1ccc(Br)cc1)C(Cl)(Cl)Cl. The number of carbonyl (C=O) groups excluding carboxylic acids is 1. The zero-order valence-corrected chi connectivity index (χ0v) is 15.7. The van der Waals surface area contributed by atoms with Gasteiger partial charge >= 0.3 is 0 Å². The van der Waals surface area contributed by atoms with E-state index in [9.17, 15) is 4.79 Å². The van der Waals surface area contributed by atoms with Crippen LogP contribution in [0.3, 0.4) is 0 Å². The van der Waals surface area contributed by atoms with Crippen molar-refractivity contribution in [2.75, 3.05) is 11.2 Å². The van der Waals surface area contributed by atoms with Crippen molar-refractivity contribution in [2.24, 2.45) is 0 Å². The molecule has 0 aliphatic heterocycles. The molecule has 3 N–H and O–H groups in total. The Morgan fingerprint density at radius 3 is 2.29 bits per heavy atom. The molecule has 21 heavy (non-hydrogen) atoms. The van der Waals surface area contributed by atoms with E-state index in [0.29, 0.717) is 0 Å². The second-order valence-corrected chi connectivity index (χ2v) is 7.74. The number of alkyl halides is 4. The molecular weight excluding hydrogens is 444 g/mol. The van der Waals surface area contributed by atoms with Gasteiger partial charge in [0.1, 0.15) is 12.0 Å². The van der Waals surface area contributed by atoms with E-state index in [0.717, 1.165) is 10.2 Å². The molecule has 0 heterocycles. The Morgan fingerprint density at radius 1 is 1.24 bits per heavy atom. The summed E-state index contributed by atoms with van der Waals surface area (Å²) in [6.07, 6.45) is -1.02. The molecule has 0 bridgehead atoms. The van der Waals surface area contributed by atoms with Crippen LogP contribution in [0.15, 0.2) is 28.7 Å². The first-order valence-electron chi connectivity index (χ1n) is 5.47. The van der Waals surface area contributed by atoms with Crippen LogP contribution >= 0.6 is 74.6 Å². The standard InChI is InChI=1S/C11H10BrCl4N3OS/c12-6-1-3-7(4-2-6)17-10(21)19-9(11(14,15)16)18-8(20)5-13/h1-4,9H,5H2,(H,18,20)(H2,17,19,21)/t9-/m0/s1. The fourth-order valence-corrected chi connectivity index (χ4v) is 2.14. The van der Waals surface area contributed by atoms with Gasteiger partial charge in [-0.2, -0.15) is 0 Å². The van der Waals surface area contributed by atoms with Crippen LogP contribution < -0.4 is 16.0 Å². The number of benzene rings is 1. The van der Waals surface area contributed by atoms with E-state index in [1.807, 2.05) is 12.1 Å². The first-order chi connectivity index (χ1) is 9.72. The minimum atomic E-state index is -1.80. The number of hydrogen-bond acceptors (Lipinski definition) is 2. The van der Waals surface area contributed by atoms with Crippen LogP contribution in [0.5, 0.6) is 0 Å². The second-order valence-electron chi connectivity index (χ2n) is 3.78. The number of thiocarbonyl (C=S) groups is 1. The summed E-state index contributed by atoms with van der Waals surface area (Å²) in [6.45, 7) is 0. The maximum absolute atomic E-state index is 11.3. The van der Waals surface area contributed by atoms with Gasteiger partial charge < -0.3 is 16.0 Å². The monoisotopic (exact) mass is 451 g/mol. The fraction of sp³-hybridized carbons (Fsp3) is 0.273. The van der Waals surface area contributed by atoms with Gasteiger partial charge in [-0.1, -0.05) is 50.7 Å². The molecular formula is C11H10BrCl4N3OS. The van der Waals surface area contributed by atoms with Crippen molar-refractivity contribution < 1.29 is 4.79 Å². The Hall–Kier alpha value is 0.0200. The summed E-state index contributed by atoms with van der Waals surface area (Å²) in [5, 5.41) is 8.21. The van der Waals surface area contributed by atoms with E-state index in [1.54, 1.807) is 12.1 Å². The molecule has 0 spiro atoms. The van der Waals surface area contributed by atoms with Crippen molar-refractivity contribution in [3.8, 4) is 0 Å². The summed E-state index contributed by atoms with van der Waals surface area (Å²) in [7, 11) is 0. The molecule has 0 fully saturated rings. The number of hydrogen-bond donors (Lipinski definition) is 3. The zero-order chi connectivity index (χ0) is 16.0. The molecule has 1 rings (SSSR count). The topological polar surface area (TPSA) is 53.2 Å². The first-order valence-corrected chi connectivity index (χ1v) is 8.34. The number of carbonyl (C=O) groups is 1. The summed E-state index contributed by atoms with van der Waals surface area (Å²) >= 11 is 31.2. The molecule has 1 amide bonds. The second kappa shape index (κ2) is 8.60. The van der Waals surface area contributed by atoms with Crippen LogP contribution in [0.4, 0.5) is 5.69 Å². The minimum absolute atomic E-state index is 0.184. The largest absolute Gasteiger partial charge is 0.339 e. The van der Waals surface area contributed by atoms with Gasteiger partial charge in [0.2, 0.25) is 9.70 Å². The number of amides is 1. The average molecular weight is 454 g/mol. The summed E-state index contributed by atoms with van der Waals surface area (Å²) < 4.78 is -0.867. The van der Waals surface area contributed by atoms with Crippen molar-refractivity contribution in [1.82, 2.24) is 10.6 Å². The lowest BCUT2D eigenvalue weighted by atomic mass is 10.3. The highest BCUT2D eigenvalue weighted by Gasteiger charge is 2.34. The molecule has 0 aliphatic carbocycles. The van der Waals surface area contributed by atoms with Crippen LogP contribution in [0.2, 0.25) is 0 Å². The quantitative estimate of drug-likeness (QED) is 0.369. The third kappa shape index (κ3) is 7.21. The van der Waals surface area contributed by atoms with Gasteiger partial charge in [-0.25, -0.2) is 0 Å².